The molecule has 0 bridgehead atoms. The first-order valence-corrected chi connectivity index (χ1v) is 30.5. The van der Waals surface area contributed by atoms with E-state index in [1.165, 1.54) is 29.8 Å². The smallest absolute Gasteiger partial charge is 0.407 e. The first kappa shape index (κ1) is 64.0. The molecule has 3 N–H and O–H groups in total. The minimum Gasteiger partial charge on any atom is -0.457 e. The maximum Gasteiger partial charge on any atom is 0.407 e. The maximum atomic E-state index is 15.9. The van der Waals surface area contributed by atoms with Crippen LogP contribution in [0.1, 0.15) is 107 Å². The average molecular weight is 1210 g/mol. The lowest BCUT2D eigenvalue weighted by atomic mass is 9.87. The van der Waals surface area contributed by atoms with Crippen LogP contribution in [0.2, 0.25) is 10.0 Å². The van der Waals surface area contributed by atoms with Crippen LogP contribution < -0.4 is 20.7 Å². The summed E-state index contributed by atoms with van der Waals surface area (Å²) in [6.45, 7) is 7.75. The highest BCUT2D eigenvalue weighted by Gasteiger charge is 2.40. The quantitative estimate of drug-likeness (QED) is 0.0750. The molecule has 8 rings (SSSR count). The van der Waals surface area contributed by atoms with Gasteiger partial charge in [-0.25, -0.2) is 9.78 Å². The zero-order chi connectivity index (χ0) is 60.8. The first-order chi connectivity index (χ1) is 40.7. The van der Waals surface area contributed by atoms with Crippen LogP contribution in [0.25, 0.3) is 11.3 Å². The molecule has 6 amide bonds. The molecule has 2 saturated heterocycles. The van der Waals surface area contributed by atoms with Gasteiger partial charge in [0.25, 0.3) is 0 Å². The number of likely N-dealkylation sites (N-methyl/N-ethyl adjacent to an activating group) is 2. The minimum atomic E-state index is -1.31. The summed E-state index contributed by atoms with van der Waals surface area (Å²) in [5, 5.41) is 9.90. The molecular weight excluding hydrogens is 1120 g/mol. The van der Waals surface area contributed by atoms with Crippen LogP contribution in [0.15, 0.2) is 103 Å². The number of carbonyl (C=O) groups excluding carboxylic acids is 6. The number of likely N-dealkylation sites (tertiary alicyclic amines) is 1. The zero-order valence-electron chi connectivity index (χ0n) is 50.1. The van der Waals surface area contributed by atoms with E-state index in [1.54, 1.807) is 70.1 Å². The Bertz CT molecular complexity index is 3080. The van der Waals surface area contributed by atoms with Gasteiger partial charge in [0.05, 0.1) is 43.5 Å². The van der Waals surface area contributed by atoms with E-state index < -0.39 is 65.5 Å². The van der Waals surface area contributed by atoms with Gasteiger partial charge in [0, 0.05) is 80.9 Å². The highest BCUT2D eigenvalue weighted by Crippen LogP contribution is 2.34. The predicted octanol–water partition coefficient (Wildman–Crippen LogP) is 9.52. The van der Waals surface area contributed by atoms with E-state index in [9.17, 15) is 9.59 Å². The van der Waals surface area contributed by atoms with Gasteiger partial charge in [0.2, 0.25) is 29.5 Å². The van der Waals surface area contributed by atoms with Crippen LogP contribution in [0.3, 0.4) is 0 Å². The van der Waals surface area contributed by atoms with Crippen molar-refractivity contribution in [1.29, 1.82) is 0 Å². The molecule has 456 valence electrons. The zero-order valence-corrected chi connectivity index (χ0v) is 51.6. The third-order valence-electron chi connectivity index (χ3n) is 16.4. The normalized spacial score (nSPS) is 21.7. The van der Waals surface area contributed by atoms with Gasteiger partial charge in [-0.15, -0.1) is 0 Å². The molecule has 0 spiro atoms. The number of imidazole rings is 1. The monoisotopic (exact) mass is 1200 g/mol. The van der Waals surface area contributed by atoms with E-state index in [0.29, 0.717) is 39.9 Å². The van der Waals surface area contributed by atoms with Crippen molar-refractivity contribution in [3.8, 4) is 22.8 Å². The number of fused-ring (bicyclic) bond motifs is 1. The largest absolute Gasteiger partial charge is 0.457 e. The van der Waals surface area contributed by atoms with Crippen LogP contribution in [0.5, 0.6) is 11.5 Å². The average Bonchev–Trinajstić information content (AvgIpc) is 4.32. The van der Waals surface area contributed by atoms with Crippen LogP contribution >= 0.6 is 23.2 Å². The number of halogens is 2. The van der Waals surface area contributed by atoms with Crippen molar-refractivity contribution >= 4 is 58.8 Å². The molecule has 3 fully saturated rings. The van der Waals surface area contributed by atoms with Crippen molar-refractivity contribution in [2.24, 2.45) is 13.0 Å². The molecule has 0 unspecified atom stereocenters. The lowest BCUT2D eigenvalue weighted by molar-refractivity contribution is -0.148. The number of hydrogen-bond donors (Lipinski definition) is 3. The number of alkyl carbamates (subject to hydrolysis) is 1. The molecule has 18 nitrogen and oxygen atoms in total. The second kappa shape index (κ2) is 29.9. The number of carbonyl (C=O) groups is 6. The summed E-state index contributed by atoms with van der Waals surface area (Å²) in [5.74, 6) is -1.49. The number of methoxy groups -OCH3 is 1. The number of amides is 6. The second-order valence-corrected chi connectivity index (χ2v) is 24.7. The summed E-state index contributed by atoms with van der Waals surface area (Å²) in [6, 6.07) is 25.2. The van der Waals surface area contributed by atoms with Gasteiger partial charge in [0.15, 0.2) is 0 Å². The molecule has 3 heterocycles. The minimum absolute atomic E-state index is 0.0174. The van der Waals surface area contributed by atoms with E-state index in [2.05, 4.69) is 25.4 Å². The third-order valence-corrected chi connectivity index (χ3v) is 16.9. The summed E-state index contributed by atoms with van der Waals surface area (Å²) >= 11 is 13.1. The number of benzene rings is 4. The molecule has 1 saturated carbocycles. The molecule has 3 aliphatic rings. The van der Waals surface area contributed by atoms with E-state index in [4.69, 9.17) is 42.4 Å². The Morgan fingerprint density at radius 1 is 0.765 bits per heavy atom. The van der Waals surface area contributed by atoms with Crippen molar-refractivity contribution in [3.63, 3.8) is 0 Å². The van der Waals surface area contributed by atoms with E-state index >= 15 is 19.2 Å². The van der Waals surface area contributed by atoms with Crippen molar-refractivity contribution in [2.45, 2.75) is 147 Å². The summed E-state index contributed by atoms with van der Waals surface area (Å²) < 4.78 is 20.0. The first-order valence-electron chi connectivity index (χ1n) is 29.7. The Hall–Kier alpha value is -6.99. The topological polar surface area (TPSA) is 197 Å². The molecule has 1 aromatic heterocycles. The van der Waals surface area contributed by atoms with Crippen molar-refractivity contribution in [3.05, 3.63) is 136 Å². The Morgan fingerprint density at radius 3 is 2.16 bits per heavy atom. The summed E-state index contributed by atoms with van der Waals surface area (Å²) in [7, 11) is 6.78. The van der Waals surface area contributed by atoms with Gasteiger partial charge in [-0.1, -0.05) is 84.6 Å². The lowest BCUT2D eigenvalue weighted by Crippen LogP contribution is -2.59. The Morgan fingerprint density at radius 2 is 1.46 bits per heavy atom. The van der Waals surface area contributed by atoms with Crippen LogP contribution in [-0.2, 0) is 66.4 Å². The van der Waals surface area contributed by atoms with Crippen molar-refractivity contribution in [1.82, 2.24) is 45.1 Å². The fourth-order valence-electron chi connectivity index (χ4n) is 11.8. The van der Waals surface area contributed by atoms with Gasteiger partial charge in [0.1, 0.15) is 35.0 Å². The van der Waals surface area contributed by atoms with Crippen molar-refractivity contribution < 1.29 is 43.0 Å². The summed E-state index contributed by atoms with van der Waals surface area (Å²) in [4.78, 5) is 101. The third kappa shape index (κ3) is 17.8. The Balaban J connectivity index is 1.19. The van der Waals surface area contributed by atoms with Gasteiger partial charge in [-0.05, 0) is 145 Å². The summed E-state index contributed by atoms with van der Waals surface area (Å²) in [5.41, 5.74) is 3.25. The number of rotatable bonds is 17. The molecule has 1 aliphatic carbocycles. The molecule has 4 aromatic carbocycles. The van der Waals surface area contributed by atoms with Gasteiger partial charge < -0.3 is 49.4 Å². The molecule has 5 aromatic rings. The van der Waals surface area contributed by atoms with Crippen LogP contribution in [-0.4, -0.2) is 148 Å². The molecule has 2 aliphatic heterocycles. The van der Waals surface area contributed by atoms with Crippen LogP contribution in [0.4, 0.5) is 4.79 Å². The van der Waals surface area contributed by atoms with Gasteiger partial charge >= 0.3 is 6.09 Å². The maximum absolute atomic E-state index is 15.9. The van der Waals surface area contributed by atoms with E-state index in [-0.39, 0.29) is 70.0 Å². The predicted molar refractivity (Wildman–Crippen MR) is 328 cm³/mol. The summed E-state index contributed by atoms with van der Waals surface area (Å²) in [6.07, 6.45) is 6.68. The lowest BCUT2D eigenvalue weighted by Gasteiger charge is -2.40. The number of hydrogen-bond acceptors (Lipinski definition) is 11. The SMILES string of the molecule is COC[C@@H]1NC(=O)[C@H](CCCNC(=O)OC(C)(C)C)N(Cc2ccc(Cl)cc2Oc2ccc(-c3cnc(CN4CCCC4)n3C)cc2)C(=O)C[C@@H](Cc2ccccc2)C(=O)N(C)[C@H]2CCCC[C@@H]2NC(=O)C[C@H](Cc2ccc(Cl)cc2)N(C)C1=O. The van der Waals surface area contributed by atoms with E-state index in [0.717, 1.165) is 60.7 Å². The Kier molecular flexibility index (Phi) is 22.5. The highest BCUT2D eigenvalue weighted by molar-refractivity contribution is 6.31. The number of nitrogens with zero attached hydrogens (tertiary/aromatic N) is 6. The fourth-order valence-corrected chi connectivity index (χ4v) is 12.1. The van der Waals surface area contributed by atoms with Gasteiger partial charge in [-0.2, -0.15) is 0 Å². The molecule has 20 heteroatoms. The number of ether oxygens (including phenoxy) is 3. The molecule has 85 heavy (non-hydrogen) atoms. The standard InChI is InChI=1S/C65H83Cl2N9O9/c1-65(2,3)85-64(82)68-31-15-20-55-61(79)71-53(42-83-7)63(81)72(4)50(35-44-21-26-48(66)27-22-44)38-59(77)70-52-18-11-12-19-54(52)74(6)62(80)47(34-43-16-9-8-10-17-43)36-60(78)76(55)40-46-23-28-49(67)37-57(46)84-51-29-24-45(25-30-51)56-39-69-58(73(56)5)41-75-32-13-14-33-75/h8-10,16-17,21-30,37,39,47,50,52-55H,11-15,18-20,31-36,38,40-42H2,1-7H3,(H,68,82)(H,70,77)(H,71,79)/t47-,50+,52+,53+,54+,55+/m1/s1. The number of nitrogens with one attached hydrogen (secondary N) is 3. The Labute approximate surface area is 510 Å². The number of aromatic nitrogens is 2. The van der Waals surface area contributed by atoms with E-state index in [1.807, 2.05) is 80.0 Å². The molecule has 0 radical (unpaired) electrons. The highest BCUT2D eigenvalue weighted by atomic mass is 35.5. The second-order valence-electron chi connectivity index (χ2n) is 23.8. The molecular formula is C65H83Cl2N9O9. The van der Waals surface area contributed by atoms with Gasteiger partial charge in [-0.3, -0.25) is 28.9 Å². The molecule has 6 atom stereocenters. The van der Waals surface area contributed by atoms with Crippen LogP contribution in [0, 0.1) is 5.92 Å². The fraction of sp³-hybridized carbons (Fsp3) is 0.492. The van der Waals surface area contributed by atoms with Crippen molar-refractivity contribution in [2.75, 3.05) is 47.4 Å².